The van der Waals surface area contributed by atoms with Crippen molar-refractivity contribution in [2.45, 2.75) is 45.6 Å². The molecule has 0 aliphatic carbocycles. The van der Waals surface area contributed by atoms with Gasteiger partial charge in [-0.3, -0.25) is 9.59 Å². The minimum atomic E-state index is -1.06. The number of hydrogen-bond donors (Lipinski definition) is 2. The largest absolute Gasteiger partial charge is 0.481 e. The van der Waals surface area contributed by atoms with Crippen LogP contribution in [0.1, 0.15) is 45.6 Å². The lowest BCUT2D eigenvalue weighted by Gasteiger charge is -2.34. The predicted molar refractivity (Wildman–Crippen MR) is 78.4 cm³/mol. The Morgan fingerprint density at radius 3 is 2.14 bits per heavy atom. The Balaban J connectivity index is 3.02. The highest BCUT2D eigenvalue weighted by Gasteiger charge is 2.35. The lowest BCUT2D eigenvalue weighted by molar-refractivity contribution is -0.139. The number of halogens is 2. The molecule has 0 aromatic heterocycles. The SMILES string of the molecule is CC(C(=O)NC(C)(CC(=O)O)C(C)C)c1c(F)cccc1F. The Morgan fingerprint density at radius 2 is 1.73 bits per heavy atom. The molecule has 0 aliphatic rings. The molecule has 0 heterocycles. The summed E-state index contributed by atoms with van der Waals surface area (Å²) >= 11 is 0. The molecule has 0 bridgehead atoms. The van der Waals surface area contributed by atoms with Crippen LogP contribution in [0, 0.1) is 17.6 Å². The van der Waals surface area contributed by atoms with Crippen LogP contribution in [-0.2, 0) is 9.59 Å². The minimum absolute atomic E-state index is 0.162. The summed E-state index contributed by atoms with van der Waals surface area (Å²) in [5.41, 5.74) is -1.32. The van der Waals surface area contributed by atoms with Crippen molar-refractivity contribution >= 4 is 11.9 Å². The van der Waals surface area contributed by atoms with Crippen molar-refractivity contribution in [2.24, 2.45) is 5.92 Å². The summed E-state index contributed by atoms with van der Waals surface area (Å²) in [5, 5.41) is 11.6. The van der Waals surface area contributed by atoms with Crippen molar-refractivity contribution in [1.82, 2.24) is 5.32 Å². The van der Waals surface area contributed by atoms with E-state index in [1.165, 1.54) is 13.0 Å². The van der Waals surface area contributed by atoms with Crippen LogP contribution in [0.4, 0.5) is 8.78 Å². The maximum Gasteiger partial charge on any atom is 0.305 e. The van der Waals surface area contributed by atoms with Crippen LogP contribution in [0.3, 0.4) is 0 Å². The van der Waals surface area contributed by atoms with Crippen molar-refractivity contribution in [1.29, 1.82) is 0 Å². The van der Waals surface area contributed by atoms with Crippen LogP contribution in [0.15, 0.2) is 18.2 Å². The topological polar surface area (TPSA) is 66.4 Å². The molecule has 122 valence electrons. The van der Waals surface area contributed by atoms with Gasteiger partial charge in [-0.2, -0.15) is 0 Å². The molecule has 2 atom stereocenters. The number of aliphatic carboxylic acids is 1. The maximum absolute atomic E-state index is 13.7. The second-order valence-electron chi connectivity index (χ2n) is 5.99. The Labute approximate surface area is 128 Å². The van der Waals surface area contributed by atoms with Gasteiger partial charge < -0.3 is 10.4 Å². The quantitative estimate of drug-likeness (QED) is 0.848. The van der Waals surface area contributed by atoms with Crippen molar-refractivity contribution in [3.05, 3.63) is 35.4 Å². The van der Waals surface area contributed by atoms with Gasteiger partial charge in [0.1, 0.15) is 11.6 Å². The van der Waals surface area contributed by atoms with Crippen LogP contribution < -0.4 is 5.32 Å². The lowest BCUT2D eigenvalue weighted by atomic mass is 9.84. The monoisotopic (exact) mass is 313 g/mol. The summed E-state index contributed by atoms with van der Waals surface area (Å²) in [5.74, 6) is -4.49. The number of carboxylic acids is 1. The molecule has 0 spiro atoms. The van der Waals surface area contributed by atoms with Gasteiger partial charge in [0.15, 0.2) is 0 Å². The third kappa shape index (κ3) is 4.02. The highest BCUT2D eigenvalue weighted by Crippen LogP contribution is 2.26. The van der Waals surface area contributed by atoms with Gasteiger partial charge in [0, 0.05) is 11.1 Å². The summed E-state index contributed by atoms with van der Waals surface area (Å²) in [6.07, 6.45) is -0.275. The number of amides is 1. The highest BCUT2D eigenvalue weighted by molar-refractivity contribution is 5.84. The Hall–Kier alpha value is -1.98. The Morgan fingerprint density at radius 1 is 1.23 bits per heavy atom. The zero-order valence-electron chi connectivity index (χ0n) is 13.1. The van der Waals surface area contributed by atoms with E-state index in [0.29, 0.717) is 0 Å². The zero-order chi connectivity index (χ0) is 17.1. The molecule has 1 aromatic rings. The molecule has 6 heteroatoms. The first-order valence-electron chi connectivity index (χ1n) is 7.06. The number of benzene rings is 1. The molecule has 2 N–H and O–H groups in total. The number of rotatable bonds is 6. The first kappa shape index (κ1) is 18.1. The van der Waals surface area contributed by atoms with Crippen LogP contribution in [-0.4, -0.2) is 22.5 Å². The summed E-state index contributed by atoms with van der Waals surface area (Å²) < 4.78 is 27.5. The van der Waals surface area contributed by atoms with E-state index in [4.69, 9.17) is 5.11 Å². The minimum Gasteiger partial charge on any atom is -0.481 e. The van der Waals surface area contributed by atoms with E-state index in [2.05, 4.69) is 5.32 Å². The molecule has 1 amide bonds. The molecule has 2 unspecified atom stereocenters. The molecule has 22 heavy (non-hydrogen) atoms. The summed E-state index contributed by atoms with van der Waals surface area (Å²) in [6.45, 7) is 6.54. The van der Waals surface area contributed by atoms with E-state index in [1.54, 1.807) is 20.8 Å². The van der Waals surface area contributed by atoms with Gasteiger partial charge in [-0.15, -0.1) is 0 Å². The smallest absolute Gasteiger partial charge is 0.305 e. The lowest BCUT2D eigenvalue weighted by Crippen LogP contribution is -2.52. The second kappa shape index (κ2) is 6.85. The molecule has 1 aromatic carbocycles. The fourth-order valence-corrected chi connectivity index (χ4v) is 2.15. The van der Waals surface area contributed by atoms with E-state index in [0.717, 1.165) is 12.1 Å². The van der Waals surface area contributed by atoms with Gasteiger partial charge in [0.05, 0.1) is 12.3 Å². The fraction of sp³-hybridized carbons (Fsp3) is 0.500. The summed E-state index contributed by atoms with van der Waals surface area (Å²) in [4.78, 5) is 23.3. The number of carbonyl (C=O) groups excluding carboxylic acids is 1. The molecule has 0 fully saturated rings. The van der Waals surface area contributed by atoms with Gasteiger partial charge in [-0.1, -0.05) is 19.9 Å². The van der Waals surface area contributed by atoms with Gasteiger partial charge in [-0.25, -0.2) is 8.78 Å². The van der Waals surface area contributed by atoms with E-state index in [9.17, 15) is 18.4 Å². The predicted octanol–water partition coefficient (Wildman–Crippen LogP) is 3.07. The maximum atomic E-state index is 13.7. The molecule has 0 aliphatic heterocycles. The molecule has 0 saturated heterocycles. The standard InChI is InChI=1S/C16H21F2NO3/c1-9(2)16(4,8-13(20)21)19-15(22)10(3)14-11(17)6-5-7-12(14)18/h5-7,9-10H,8H2,1-4H3,(H,19,22)(H,20,21). The van der Waals surface area contributed by atoms with E-state index < -0.39 is 35.0 Å². The summed E-state index contributed by atoms with van der Waals surface area (Å²) in [7, 11) is 0. The molecule has 0 radical (unpaired) electrons. The Bertz CT molecular complexity index is 554. The average Bonchev–Trinajstić information content (AvgIpc) is 2.36. The van der Waals surface area contributed by atoms with E-state index in [-0.39, 0.29) is 17.9 Å². The Kier molecular flexibility index (Phi) is 5.63. The van der Waals surface area contributed by atoms with E-state index in [1.807, 2.05) is 0 Å². The number of nitrogens with one attached hydrogen (secondary N) is 1. The van der Waals surface area contributed by atoms with Crippen LogP contribution >= 0.6 is 0 Å². The molecule has 4 nitrogen and oxygen atoms in total. The van der Waals surface area contributed by atoms with Crippen molar-refractivity contribution in [2.75, 3.05) is 0 Å². The number of carbonyl (C=O) groups is 2. The third-order valence-corrected chi connectivity index (χ3v) is 4.03. The van der Waals surface area contributed by atoms with Crippen LogP contribution in [0.2, 0.25) is 0 Å². The van der Waals surface area contributed by atoms with Crippen LogP contribution in [0.25, 0.3) is 0 Å². The molecule has 0 saturated carbocycles. The first-order chi connectivity index (χ1) is 10.1. The van der Waals surface area contributed by atoms with E-state index >= 15 is 0 Å². The first-order valence-corrected chi connectivity index (χ1v) is 7.06. The molecule has 1 rings (SSSR count). The third-order valence-electron chi connectivity index (χ3n) is 4.03. The number of carboxylic acid groups (broad SMARTS) is 1. The fourth-order valence-electron chi connectivity index (χ4n) is 2.15. The van der Waals surface area contributed by atoms with Gasteiger partial charge in [0.2, 0.25) is 5.91 Å². The van der Waals surface area contributed by atoms with Gasteiger partial charge >= 0.3 is 5.97 Å². The van der Waals surface area contributed by atoms with Gasteiger partial charge in [-0.05, 0) is 31.9 Å². The van der Waals surface area contributed by atoms with Crippen molar-refractivity contribution < 1.29 is 23.5 Å². The summed E-state index contributed by atoms with van der Waals surface area (Å²) in [6, 6.07) is 3.39. The van der Waals surface area contributed by atoms with Crippen LogP contribution in [0.5, 0.6) is 0 Å². The van der Waals surface area contributed by atoms with Crippen molar-refractivity contribution in [3.63, 3.8) is 0 Å². The molecular weight excluding hydrogens is 292 g/mol. The van der Waals surface area contributed by atoms with Gasteiger partial charge in [0.25, 0.3) is 0 Å². The number of hydrogen-bond acceptors (Lipinski definition) is 2. The zero-order valence-corrected chi connectivity index (χ0v) is 13.1. The normalized spacial score (nSPS) is 15.2. The molecular formula is C16H21F2NO3. The second-order valence-corrected chi connectivity index (χ2v) is 5.99. The van der Waals surface area contributed by atoms with Crippen molar-refractivity contribution in [3.8, 4) is 0 Å². The highest BCUT2D eigenvalue weighted by atomic mass is 19.1. The average molecular weight is 313 g/mol.